The molecule has 0 aliphatic heterocycles. The molecule has 1 aliphatic rings. The Morgan fingerprint density at radius 2 is 1.38 bits per heavy atom. The van der Waals surface area contributed by atoms with Crippen LogP contribution in [0.3, 0.4) is 0 Å². The number of hydrogen-bond acceptors (Lipinski definition) is 10. The molecule has 5 rings (SSSR count). The fraction of sp³-hybridized carbons (Fsp3) is 0.353. The standard InChI is InChI=1S/C34H34F3N3O8/c35-31-26(20-41)27(21-42)32(36)34(33(31)37)48-16-14-46-12-10-44-8-7-43-9-11-45-13-15-47-30-4-2-23(18-39-30)22-1-3-24-25-19-38-6-5-28(25)40-29(24)17-22/h1-6,18-22,40H,7-17H2. The Labute approximate surface area is 274 Å². The van der Waals surface area contributed by atoms with Gasteiger partial charge in [0.1, 0.15) is 13.2 Å². The highest BCUT2D eigenvalue weighted by molar-refractivity contribution is 5.92. The van der Waals surface area contributed by atoms with Crippen molar-refractivity contribution < 1.29 is 51.2 Å². The first-order valence-corrected chi connectivity index (χ1v) is 15.3. The third-order valence-electron chi connectivity index (χ3n) is 7.49. The van der Waals surface area contributed by atoms with Crippen LogP contribution in [0.5, 0.6) is 11.6 Å². The topological polar surface area (TPSA) is 131 Å². The molecule has 0 saturated carbocycles. The number of pyridine rings is 2. The number of aromatic nitrogens is 3. The van der Waals surface area contributed by atoms with Crippen molar-refractivity contribution in [1.29, 1.82) is 0 Å². The van der Waals surface area contributed by atoms with E-state index in [1.54, 1.807) is 6.20 Å². The summed E-state index contributed by atoms with van der Waals surface area (Å²) < 4.78 is 74.2. The van der Waals surface area contributed by atoms with Gasteiger partial charge in [0.05, 0.1) is 64.0 Å². The highest BCUT2D eigenvalue weighted by Gasteiger charge is 2.26. The molecule has 254 valence electrons. The zero-order valence-electron chi connectivity index (χ0n) is 25.9. The molecule has 48 heavy (non-hydrogen) atoms. The number of aromatic amines is 1. The number of allylic oxidation sites excluding steroid dienone is 1. The van der Waals surface area contributed by atoms with Gasteiger partial charge in [0.25, 0.3) is 0 Å². The van der Waals surface area contributed by atoms with Gasteiger partial charge >= 0.3 is 0 Å². The summed E-state index contributed by atoms with van der Waals surface area (Å²) in [6.07, 6.45) is 10.5. The maximum Gasteiger partial charge on any atom is 0.213 e. The molecule has 11 nitrogen and oxygen atoms in total. The van der Waals surface area contributed by atoms with Crippen LogP contribution in [0.4, 0.5) is 13.2 Å². The van der Waals surface area contributed by atoms with Crippen molar-refractivity contribution in [3.05, 3.63) is 88.3 Å². The highest BCUT2D eigenvalue weighted by Crippen LogP contribution is 2.34. The molecule has 1 aliphatic carbocycles. The lowest BCUT2D eigenvalue weighted by molar-refractivity contribution is -0.00730. The van der Waals surface area contributed by atoms with Crippen LogP contribution in [0.1, 0.15) is 43.5 Å². The van der Waals surface area contributed by atoms with E-state index in [2.05, 4.69) is 27.1 Å². The number of hydrogen-bond donors (Lipinski definition) is 1. The molecule has 4 aromatic rings. The molecular formula is C34H34F3N3O8. The second-order valence-electron chi connectivity index (χ2n) is 10.5. The summed E-state index contributed by atoms with van der Waals surface area (Å²) in [6.45, 7) is 2.13. The van der Waals surface area contributed by atoms with Gasteiger partial charge in [0.2, 0.25) is 11.7 Å². The summed E-state index contributed by atoms with van der Waals surface area (Å²) in [7, 11) is 0. The molecule has 1 unspecified atom stereocenters. The minimum Gasteiger partial charge on any atom is -0.485 e. The molecule has 0 amide bonds. The lowest BCUT2D eigenvalue weighted by Crippen LogP contribution is -2.15. The predicted molar refractivity (Wildman–Crippen MR) is 167 cm³/mol. The van der Waals surface area contributed by atoms with Gasteiger partial charge in [0, 0.05) is 52.7 Å². The zero-order chi connectivity index (χ0) is 33.7. The molecule has 0 fully saturated rings. The van der Waals surface area contributed by atoms with E-state index < -0.39 is 34.3 Å². The van der Waals surface area contributed by atoms with Gasteiger partial charge in [-0.3, -0.25) is 14.6 Å². The Morgan fingerprint density at radius 3 is 2.00 bits per heavy atom. The summed E-state index contributed by atoms with van der Waals surface area (Å²) in [4.78, 5) is 34.0. The van der Waals surface area contributed by atoms with E-state index >= 15 is 0 Å². The largest absolute Gasteiger partial charge is 0.485 e. The van der Waals surface area contributed by atoms with Crippen molar-refractivity contribution >= 4 is 29.6 Å². The SMILES string of the molecule is O=Cc1c(F)c(F)c(OCCOCCOCCOCCOCCOc2ccc(C3C=Cc4c([nH]c5ccncc45)C3)cn2)c(F)c1C=O. The van der Waals surface area contributed by atoms with E-state index in [-0.39, 0.29) is 44.9 Å². The Balaban J connectivity index is 0.849. The third kappa shape index (κ3) is 8.63. The number of H-pyrrole nitrogens is 1. The van der Waals surface area contributed by atoms with Crippen molar-refractivity contribution in [2.75, 3.05) is 66.1 Å². The van der Waals surface area contributed by atoms with Crippen molar-refractivity contribution in [2.45, 2.75) is 12.3 Å². The van der Waals surface area contributed by atoms with Crippen LogP contribution < -0.4 is 9.47 Å². The number of carbonyl (C=O) groups is 2. The molecule has 0 saturated heterocycles. The molecule has 0 spiro atoms. The fourth-order valence-corrected chi connectivity index (χ4v) is 5.09. The van der Waals surface area contributed by atoms with Gasteiger partial charge in [0.15, 0.2) is 30.0 Å². The maximum atomic E-state index is 14.2. The lowest BCUT2D eigenvalue weighted by Gasteiger charge is -2.17. The van der Waals surface area contributed by atoms with E-state index in [1.165, 1.54) is 11.3 Å². The first-order chi connectivity index (χ1) is 23.5. The summed E-state index contributed by atoms with van der Waals surface area (Å²) >= 11 is 0. The van der Waals surface area contributed by atoms with Gasteiger partial charge in [-0.25, -0.2) is 13.8 Å². The number of benzene rings is 1. The van der Waals surface area contributed by atoms with Crippen LogP contribution in [-0.2, 0) is 25.4 Å². The minimum absolute atomic E-state index is 0.0818. The van der Waals surface area contributed by atoms with E-state index in [1.807, 2.05) is 30.6 Å². The van der Waals surface area contributed by atoms with Crippen molar-refractivity contribution in [1.82, 2.24) is 15.0 Å². The van der Waals surface area contributed by atoms with Gasteiger partial charge in [-0.2, -0.15) is 4.39 Å². The minimum atomic E-state index is -1.70. The average Bonchev–Trinajstić information content (AvgIpc) is 3.49. The summed E-state index contributed by atoms with van der Waals surface area (Å²) in [5, 5.41) is 1.13. The van der Waals surface area contributed by atoms with Crippen LogP contribution in [0.15, 0.2) is 42.9 Å². The Hall–Kier alpha value is -4.63. The van der Waals surface area contributed by atoms with Gasteiger partial charge in [-0.1, -0.05) is 18.2 Å². The Kier molecular flexibility index (Phi) is 12.7. The number of nitrogens with one attached hydrogen (secondary N) is 1. The first kappa shape index (κ1) is 34.7. The normalized spacial score (nSPS) is 13.9. The van der Waals surface area contributed by atoms with Crippen LogP contribution in [0, 0.1) is 17.5 Å². The zero-order valence-corrected chi connectivity index (χ0v) is 25.9. The molecule has 0 bridgehead atoms. The maximum absolute atomic E-state index is 14.2. The number of rotatable bonds is 20. The number of nitrogens with zero attached hydrogens (tertiary/aromatic N) is 2. The fourth-order valence-electron chi connectivity index (χ4n) is 5.09. The number of halogens is 3. The summed E-state index contributed by atoms with van der Waals surface area (Å²) in [6, 6.07) is 5.88. The average molecular weight is 670 g/mol. The van der Waals surface area contributed by atoms with E-state index in [0.29, 0.717) is 45.5 Å². The molecule has 3 aromatic heterocycles. The summed E-state index contributed by atoms with van der Waals surface area (Å²) in [5.74, 6) is -5.15. The first-order valence-electron chi connectivity index (χ1n) is 15.3. The van der Waals surface area contributed by atoms with E-state index in [4.69, 9.17) is 28.4 Å². The lowest BCUT2D eigenvalue weighted by atomic mass is 9.89. The predicted octanol–water partition coefficient (Wildman–Crippen LogP) is 4.88. The van der Waals surface area contributed by atoms with Gasteiger partial charge < -0.3 is 33.4 Å². The van der Waals surface area contributed by atoms with Crippen LogP contribution in [0.2, 0.25) is 0 Å². The molecule has 1 aromatic carbocycles. The number of carbonyl (C=O) groups excluding carboxylic acids is 2. The second-order valence-corrected chi connectivity index (χ2v) is 10.5. The van der Waals surface area contributed by atoms with Gasteiger partial charge in [-0.05, 0) is 18.1 Å². The number of aldehydes is 2. The van der Waals surface area contributed by atoms with Crippen LogP contribution in [-0.4, -0.2) is 93.6 Å². The second kappa shape index (κ2) is 17.5. The molecule has 1 atom stereocenters. The molecule has 3 heterocycles. The van der Waals surface area contributed by atoms with Crippen molar-refractivity contribution in [2.24, 2.45) is 0 Å². The number of fused-ring (bicyclic) bond motifs is 3. The monoisotopic (exact) mass is 669 g/mol. The molecule has 0 radical (unpaired) electrons. The Bertz CT molecular complexity index is 1710. The molecule has 14 heteroatoms. The quantitative estimate of drug-likeness (QED) is 0.0790. The van der Waals surface area contributed by atoms with Crippen LogP contribution >= 0.6 is 0 Å². The van der Waals surface area contributed by atoms with E-state index in [0.717, 1.165) is 22.9 Å². The van der Waals surface area contributed by atoms with E-state index in [9.17, 15) is 22.8 Å². The van der Waals surface area contributed by atoms with Crippen molar-refractivity contribution in [3.8, 4) is 11.6 Å². The molecular weight excluding hydrogens is 635 g/mol. The van der Waals surface area contributed by atoms with Gasteiger partial charge in [-0.15, -0.1) is 0 Å². The third-order valence-corrected chi connectivity index (χ3v) is 7.49. The van der Waals surface area contributed by atoms with Crippen LogP contribution in [0.25, 0.3) is 17.0 Å². The molecule has 1 N–H and O–H groups in total. The Morgan fingerprint density at radius 1 is 0.750 bits per heavy atom. The highest BCUT2D eigenvalue weighted by atomic mass is 19.2. The summed E-state index contributed by atoms with van der Waals surface area (Å²) in [5.41, 5.74) is 2.68. The smallest absolute Gasteiger partial charge is 0.213 e. The number of ether oxygens (including phenoxy) is 6. The van der Waals surface area contributed by atoms with Crippen molar-refractivity contribution in [3.63, 3.8) is 0 Å².